The van der Waals surface area contributed by atoms with Crippen molar-refractivity contribution in [2.75, 3.05) is 12.9 Å². The van der Waals surface area contributed by atoms with Crippen LogP contribution in [0.1, 0.15) is 19.4 Å². The van der Waals surface area contributed by atoms with E-state index >= 15 is 0 Å². The minimum Gasteiger partial charge on any atom is -0.469 e. The molecule has 1 aromatic rings. The Bertz CT molecular complexity index is 438. The molecule has 17 heavy (non-hydrogen) atoms. The topological polar surface area (TPSA) is 43.4 Å². The third-order valence-corrected chi connectivity index (χ3v) is 4.25. The van der Waals surface area contributed by atoms with Crippen molar-refractivity contribution in [3.63, 3.8) is 0 Å². The monoisotopic (exact) mass is 254 g/mol. The van der Waals surface area contributed by atoms with Gasteiger partial charge in [0, 0.05) is 10.6 Å². The predicted octanol–water partition coefficient (Wildman–Crippen LogP) is 2.30. The number of aryl methyl sites for hydroxylation is 1. The lowest BCUT2D eigenvalue weighted by Gasteiger charge is -2.20. The summed E-state index contributed by atoms with van der Waals surface area (Å²) in [6, 6.07) is 7.51. The van der Waals surface area contributed by atoms with Gasteiger partial charge in [-0.2, -0.15) is 0 Å². The summed E-state index contributed by atoms with van der Waals surface area (Å²) in [6.07, 6.45) is 0. The van der Waals surface area contributed by atoms with Crippen molar-refractivity contribution in [2.24, 2.45) is 5.41 Å². The molecule has 0 spiro atoms. The third kappa shape index (κ3) is 3.66. The van der Waals surface area contributed by atoms with Crippen LogP contribution in [0, 0.1) is 12.3 Å². The molecule has 1 unspecified atom stereocenters. The van der Waals surface area contributed by atoms with Gasteiger partial charge >= 0.3 is 5.97 Å². The molecule has 1 atom stereocenters. The van der Waals surface area contributed by atoms with Crippen LogP contribution in [-0.2, 0) is 20.3 Å². The third-order valence-electron chi connectivity index (χ3n) is 2.48. The number of carbonyl (C=O) groups excluding carboxylic acids is 1. The van der Waals surface area contributed by atoms with Gasteiger partial charge in [-0.25, -0.2) is 0 Å². The Morgan fingerprint density at radius 3 is 2.59 bits per heavy atom. The summed E-state index contributed by atoms with van der Waals surface area (Å²) in [5.74, 6) is -0.0677. The zero-order valence-electron chi connectivity index (χ0n) is 10.6. The summed E-state index contributed by atoms with van der Waals surface area (Å²) >= 11 is 0. The van der Waals surface area contributed by atoms with E-state index < -0.39 is 16.2 Å². The Morgan fingerprint density at radius 2 is 2.06 bits per heavy atom. The van der Waals surface area contributed by atoms with E-state index in [2.05, 4.69) is 0 Å². The van der Waals surface area contributed by atoms with Crippen molar-refractivity contribution >= 4 is 16.8 Å². The predicted molar refractivity (Wildman–Crippen MR) is 68.3 cm³/mol. The molecule has 0 aliphatic carbocycles. The minimum absolute atomic E-state index is 0.267. The Labute approximate surface area is 105 Å². The fourth-order valence-electron chi connectivity index (χ4n) is 1.50. The number of esters is 1. The first kappa shape index (κ1) is 13.9. The Morgan fingerprint density at radius 1 is 1.41 bits per heavy atom. The largest absolute Gasteiger partial charge is 0.469 e. The second kappa shape index (κ2) is 5.45. The van der Waals surface area contributed by atoms with Gasteiger partial charge in [-0.1, -0.05) is 12.1 Å². The lowest BCUT2D eigenvalue weighted by atomic mass is 9.97. The molecule has 0 bridgehead atoms. The molecule has 0 radical (unpaired) electrons. The van der Waals surface area contributed by atoms with E-state index in [4.69, 9.17) is 4.74 Å². The van der Waals surface area contributed by atoms with Crippen LogP contribution in [-0.4, -0.2) is 23.0 Å². The fraction of sp³-hybridized carbons (Fsp3) is 0.462. The highest BCUT2D eigenvalue weighted by Gasteiger charge is 2.31. The normalized spacial score (nSPS) is 13.2. The molecular weight excluding hydrogens is 236 g/mol. The smallest absolute Gasteiger partial charge is 0.312 e. The summed E-state index contributed by atoms with van der Waals surface area (Å²) < 4.78 is 16.8. The van der Waals surface area contributed by atoms with Gasteiger partial charge in [0.2, 0.25) is 0 Å². The maximum Gasteiger partial charge on any atom is 0.312 e. The average Bonchev–Trinajstić information content (AvgIpc) is 2.27. The molecule has 0 aliphatic rings. The average molecular weight is 254 g/mol. The van der Waals surface area contributed by atoms with Crippen molar-refractivity contribution in [1.29, 1.82) is 0 Å². The van der Waals surface area contributed by atoms with E-state index in [1.807, 2.05) is 31.2 Å². The van der Waals surface area contributed by atoms with Crippen LogP contribution in [0.4, 0.5) is 0 Å². The van der Waals surface area contributed by atoms with Gasteiger partial charge < -0.3 is 4.74 Å². The first-order chi connectivity index (χ1) is 7.86. The summed E-state index contributed by atoms with van der Waals surface area (Å²) in [6.45, 7) is 5.44. The molecule has 94 valence electrons. The summed E-state index contributed by atoms with van der Waals surface area (Å²) in [5.41, 5.74) is 0.329. The van der Waals surface area contributed by atoms with E-state index in [0.29, 0.717) is 0 Å². The molecule has 4 heteroatoms. The zero-order chi connectivity index (χ0) is 13.1. The quantitative estimate of drug-likeness (QED) is 0.774. The first-order valence-electron chi connectivity index (χ1n) is 5.40. The summed E-state index contributed by atoms with van der Waals surface area (Å²) in [4.78, 5) is 12.3. The van der Waals surface area contributed by atoms with Crippen LogP contribution in [0.3, 0.4) is 0 Å². The molecule has 0 saturated carbocycles. The van der Waals surface area contributed by atoms with Crippen molar-refractivity contribution in [3.05, 3.63) is 29.8 Å². The Balaban J connectivity index is 2.83. The molecule has 0 N–H and O–H groups in total. The van der Waals surface area contributed by atoms with Gasteiger partial charge in [-0.3, -0.25) is 9.00 Å². The van der Waals surface area contributed by atoms with Gasteiger partial charge in [0.15, 0.2) is 0 Å². The first-order valence-corrected chi connectivity index (χ1v) is 6.72. The highest BCUT2D eigenvalue weighted by atomic mass is 32.2. The lowest BCUT2D eigenvalue weighted by molar-refractivity contribution is -0.149. The molecule has 0 aromatic heterocycles. The van der Waals surface area contributed by atoms with Gasteiger partial charge in [0.05, 0.1) is 23.3 Å². The number of hydrogen-bond donors (Lipinski definition) is 0. The minimum atomic E-state index is -1.19. The van der Waals surface area contributed by atoms with Crippen LogP contribution >= 0.6 is 0 Å². The number of hydrogen-bond acceptors (Lipinski definition) is 3. The van der Waals surface area contributed by atoms with Gasteiger partial charge in [0.25, 0.3) is 0 Å². The van der Waals surface area contributed by atoms with Gasteiger partial charge in [-0.15, -0.1) is 0 Å². The van der Waals surface area contributed by atoms with Crippen LogP contribution < -0.4 is 0 Å². The highest BCUT2D eigenvalue weighted by molar-refractivity contribution is 7.85. The number of rotatable bonds is 4. The molecule has 0 aliphatic heterocycles. The highest BCUT2D eigenvalue weighted by Crippen LogP contribution is 2.22. The Hall–Kier alpha value is -1.16. The lowest BCUT2D eigenvalue weighted by Crippen LogP contribution is -2.31. The molecule has 0 fully saturated rings. The number of carbonyl (C=O) groups is 1. The van der Waals surface area contributed by atoms with Crippen LogP contribution in [0.2, 0.25) is 0 Å². The van der Waals surface area contributed by atoms with Crippen molar-refractivity contribution in [2.45, 2.75) is 25.7 Å². The van der Waals surface area contributed by atoms with E-state index in [1.165, 1.54) is 7.11 Å². The number of methoxy groups -OCH3 is 1. The van der Waals surface area contributed by atoms with Crippen LogP contribution in [0.15, 0.2) is 29.2 Å². The van der Waals surface area contributed by atoms with Crippen LogP contribution in [0.5, 0.6) is 0 Å². The molecule has 0 heterocycles. The van der Waals surface area contributed by atoms with Crippen molar-refractivity contribution < 1.29 is 13.7 Å². The van der Waals surface area contributed by atoms with E-state index in [9.17, 15) is 9.00 Å². The second-order valence-electron chi connectivity index (χ2n) is 4.68. The van der Waals surface area contributed by atoms with E-state index in [0.717, 1.165) is 10.5 Å². The SMILES string of the molecule is COC(=O)C(C)(C)CS(=O)c1cccc(C)c1. The van der Waals surface area contributed by atoms with Gasteiger partial charge in [-0.05, 0) is 38.5 Å². The maximum absolute atomic E-state index is 12.1. The Kier molecular flexibility index (Phi) is 4.46. The summed E-state index contributed by atoms with van der Waals surface area (Å²) in [7, 11) is 0.161. The summed E-state index contributed by atoms with van der Waals surface area (Å²) in [5, 5.41) is 0. The molecule has 1 aromatic carbocycles. The van der Waals surface area contributed by atoms with Crippen molar-refractivity contribution in [1.82, 2.24) is 0 Å². The second-order valence-corrected chi connectivity index (χ2v) is 6.13. The molecule has 1 rings (SSSR count). The van der Waals surface area contributed by atoms with Gasteiger partial charge in [0.1, 0.15) is 0 Å². The zero-order valence-corrected chi connectivity index (χ0v) is 11.5. The molecule has 3 nitrogen and oxygen atoms in total. The molecular formula is C13H18O3S. The number of ether oxygens (including phenoxy) is 1. The fourth-order valence-corrected chi connectivity index (χ4v) is 2.99. The van der Waals surface area contributed by atoms with Crippen LogP contribution in [0.25, 0.3) is 0 Å². The number of benzene rings is 1. The molecule has 0 amide bonds. The van der Waals surface area contributed by atoms with Crippen molar-refractivity contribution in [3.8, 4) is 0 Å². The standard InChI is InChI=1S/C13H18O3S/c1-10-6-5-7-11(8-10)17(15)9-13(2,3)12(14)16-4/h5-8H,9H2,1-4H3. The van der Waals surface area contributed by atoms with E-state index in [1.54, 1.807) is 13.8 Å². The van der Waals surface area contributed by atoms with E-state index in [-0.39, 0.29) is 11.7 Å². The maximum atomic E-state index is 12.1. The molecule has 0 saturated heterocycles.